The quantitative estimate of drug-likeness (QED) is 0.596. The third-order valence-corrected chi connectivity index (χ3v) is 4.78. The highest BCUT2D eigenvalue weighted by atomic mass is 32.1. The van der Waals surface area contributed by atoms with Crippen LogP contribution in [0.15, 0.2) is 61.0 Å². The van der Waals surface area contributed by atoms with E-state index in [1.54, 1.807) is 17.7 Å². The first-order valence-corrected chi connectivity index (χ1v) is 8.89. The molecule has 0 unspecified atom stereocenters. The maximum absolute atomic E-state index is 4.42. The Morgan fingerprint density at radius 2 is 2.12 bits per heavy atom. The van der Waals surface area contributed by atoms with Crippen LogP contribution >= 0.6 is 11.3 Å². The van der Waals surface area contributed by atoms with Crippen molar-refractivity contribution in [2.24, 2.45) is 0 Å². The van der Waals surface area contributed by atoms with Crippen LogP contribution in [-0.2, 0) is 0 Å². The molecule has 0 radical (unpaired) electrons. The van der Waals surface area contributed by atoms with Crippen LogP contribution in [0.5, 0.6) is 0 Å². The van der Waals surface area contributed by atoms with Gasteiger partial charge in [-0.05, 0) is 48.7 Å². The minimum absolute atomic E-state index is 0.672. The molecule has 3 rings (SSSR count). The number of aromatic nitrogens is 2. The summed E-state index contributed by atoms with van der Waals surface area (Å²) in [5.41, 5.74) is 3.18. The molecule has 2 aromatic heterocycles. The fourth-order valence-electron chi connectivity index (χ4n) is 2.48. The van der Waals surface area contributed by atoms with Crippen molar-refractivity contribution in [1.29, 1.82) is 0 Å². The molecule has 0 aliphatic carbocycles. The van der Waals surface area contributed by atoms with Gasteiger partial charge in [0, 0.05) is 21.7 Å². The third kappa shape index (κ3) is 3.71. The summed E-state index contributed by atoms with van der Waals surface area (Å²) >= 11 is 1.80. The summed E-state index contributed by atoms with van der Waals surface area (Å²) in [6.45, 7) is 8.98. The largest absolute Gasteiger partial charge is 0.365 e. The van der Waals surface area contributed by atoms with Crippen LogP contribution in [0.3, 0.4) is 0 Å². The van der Waals surface area contributed by atoms with Crippen molar-refractivity contribution in [3.63, 3.8) is 0 Å². The number of benzene rings is 1. The molecule has 0 aliphatic rings. The minimum Gasteiger partial charge on any atom is -0.365 e. The van der Waals surface area contributed by atoms with E-state index in [1.807, 2.05) is 0 Å². The molecule has 24 heavy (non-hydrogen) atoms. The molecule has 0 bridgehead atoms. The van der Waals surface area contributed by atoms with Gasteiger partial charge in [-0.3, -0.25) is 0 Å². The highest BCUT2D eigenvalue weighted by Gasteiger charge is 2.07. The first kappa shape index (κ1) is 16.4. The molecule has 0 saturated heterocycles. The van der Waals surface area contributed by atoms with Gasteiger partial charge < -0.3 is 5.32 Å². The Morgan fingerprint density at radius 3 is 2.88 bits per heavy atom. The van der Waals surface area contributed by atoms with E-state index in [4.69, 9.17) is 0 Å². The van der Waals surface area contributed by atoms with Gasteiger partial charge in [0.1, 0.15) is 12.1 Å². The van der Waals surface area contributed by atoms with Crippen LogP contribution in [0.25, 0.3) is 21.3 Å². The molecule has 0 amide bonds. The predicted octanol–water partition coefficient (Wildman–Crippen LogP) is 5.60. The van der Waals surface area contributed by atoms with Crippen molar-refractivity contribution in [2.45, 2.75) is 20.3 Å². The third-order valence-electron chi connectivity index (χ3n) is 3.73. The Bertz CT molecular complexity index is 893. The summed E-state index contributed by atoms with van der Waals surface area (Å²) in [4.78, 5) is 11.4. The second-order valence-electron chi connectivity index (χ2n) is 5.69. The van der Waals surface area contributed by atoms with Gasteiger partial charge >= 0.3 is 0 Å². The number of aryl methyl sites for hydroxylation is 1. The summed E-state index contributed by atoms with van der Waals surface area (Å²) in [7, 11) is 0. The van der Waals surface area contributed by atoms with Crippen LogP contribution in [0.4, 0.5) is 5.82 Å². The lowest BCUT2D eigenvalue weighted by Crippen LogP contribution is -2.05. The van der Waals surface area contributed by atoms with E-state index >= 15 is 0 Å². The number of rotatable bonds is 6. The van der Waals surface area contributed by atoms with Gasteiger partial charge in [0.15, 0.2) is 0 Å². The van der Waals surface area contributed by atoms with Gasteiger partial charge in [0.25, 0.3) is 0 Å². The first-order chi connectivity index (χ1) is 11.7. The smallest absolute Gasteiger partial charge is 0.137 e. The number of anilines is 1. The molecule has 122 valence electrons. The number of hydrogen-bond acceptors (Lipinski definition) is 4. The Kier molecular flexibility index (Phi) is 5.06. The highest BCUT2D eigenvalue weighted by molar-refractivity contribution is 7.15. The number of hydrogen-bond donors (Lipinski definition) is 1. The Labute approximate surface area is 146 Å². The fourth-order valence-corrected chi connectivity index (χ4v) is 3.35. The van der Waals surface area contributed by atoms with Crippen molar-refractivity contribution < 1.29 is 0 Å². The molecule has 3 aromatic rings. The van der Waals surface area contributed by atoms with Crippen molar-refractivity contribution in [3.05, 3.63) is 65.8 Å². The second kappa shape index (κ2) is 7.41. The van der Waals surface area contributed by atoms with E-state index < -0.39 is 0 Å². The van der Waals surface area contributed by atoms with Crippen LogP contribution in [0.1, 0.15) is 18.2 Å². The second-order valence-corrected chi connectivity index (χ2v) is 6.97. The average Bonchev–Trinajstić information content (AvgIpc) is 3.04. The summed E-state index contributed by atoms with van der Waals surface area (Å²) in [5, 5.41) is 4.42. The maximum atomic E-state index is 4.42. The maximum Gasteiger partial charge on any atom is 0.137 e. The standard InChI is InChI=1S/C20H21N3S/c1-4-5-6-14(2)12-21-20-17-11-16(19-10-7-15(3)24-19)8-9-18(17)22-13-23-20/h5-11,13H,2,4,12H2,1,3H3,(H,21,22,23)/b6-5-. The summed E-state index contributed by atoms with van der Waals surface area (Å²) in [6, 6.07) is 10.6. The Morgan fingerprint density at radius 1 is 1.25 bits per heavy atom. The fraction of sp³-hybridized carbons (Fsp3) is 0.200. The van der Waals surface area contributed by atoms with Crippen LogP contribution in [-0.4, -0.2) is 16.5 Å². The van der Waals surface area contributed by atoms with E-state index in [9.17, 15) is 0 Å². The number of nitrogens with zero attached hydrogens (tertiary/aromatic N) is 2. The lowest BCUT2D eigenvalue weighted by atomic mass is 10.1. The van der Waals surface area contributed by atoms with Crippen molar-refractivity contribution in [2.75, 3.05) is 11.9 Å². The van der Waals surface area contributed by atoms with Crippen LogP contribution < -0.4 is 5.32 Å². The molecule has 2 heterocycles. The van der Waals surface area contributed by atoms with Crippen molar-refractivity contribution in [3.8, 4) is 10.4 Å². The zero-order valence-electron chi connectivity index (χ0n) is 14.0. The van der Waals surface area contributed by atoms with E-state index in [1.165, 1.54) is 15.3 Å². The monoisotopic (exact) mass is 335 g/mol. The molecular weight excluding hydrogens is 314 g/mol. The molecule has 1 N–H and O–H groups in total. The van der Waals surface area contributed by atoms with Gasteiger partial charge in [-0.2, -0.15) is 0 Å². The zero-order valence-corrected chi connectivity index (χ0v) is 14.9. The zero-order chi connectivity index (χ0) is 16.9. The number of allylic oxidation sites excluding steroid dienone is 1. The van der Waals surface area contributed by atoms with E-state index in [0.29, 0.717) is 6.54 Å². The highest BCUT2D eigenvalue weighted by Crippen LogP contribution is 2.31. The molecule has 0 saturated carbocycles. The summed E-state index contributed by atoms with van der Waals surface area (Å²) < 4.78 is 0. The van der Waals surface area contributed by atoms with Crippen molar-refractivity contribution >= 4 is 28.1 Å². The molecule has 1 aromatic carbocycles. The lowest BCUT2D eigenvalue weighted by molar-refractivity contribution is 1.16. The Hall–Kier alpha value is -2.46. The number of nitrogens with one attached hydrogen (secondary N) is 1. The van der Waals surface area contributed by atoms with Crippen LogP contribution in [0.2, 0.25) is 0 Å². The SMILES string of the molecule is C=C(/C=C\CC)CNc1ncnc2ccc(-c3ccc(C)s3)cc12. The van der Waals surface area contributed by atoms with Gasteiger partial charge in [-0.1, -0.05) is 31.7 Å². The molecular formula is C20H21N3S. The minimum atomic E-state index is 0.672. The molecule has 0 atom stereocenters. The molecule has 0 spiro atoms. The number of thiophene rings is 1. The van der Waals surface area contributed by atoms with Gasteiger partial charge in [-0.25, -0.2) is 9.97 Å². The first-order valence-electron chi connectivity index (χ1n) is 8.07. The molecule has 0 fully saturated rings. The summed E-state index contributed by atoms with van der Waals surface area (Å²) in [5.74, 6) is 0.848. The normalized spacial score (nSPS) is 11.2. The van der Waals surface area contributed by atoms with E-state index in [2.05, 4.69) is 78.2 Å². The molecule has 0 aliphatic heterocycles. The predicted molar refractivity (Wildman–Crippen MR) is 105 cm³/mol. The molecule has 4 heteroatoms. The lowest BCUT2D eigenvalue weighted by Gasteiger charge is -2.09. The molecule has 3 nitrogen and oxygen atoms in total. The van der Waals surface area contributed by atoms with Gasteiger partial charge in [0.2, 0.25) is 0 Å². The topological polar surface area (TPSA) is 37.8 Å². The Balaban J connectivity index is 1.90. The van der Waals surface area contributed by atoms with E-state index in [0.717, 1.165) is 28.7 Å². The van der Waals surface area contributed by atoms with Crippen molar-refractivity contribution in [1.82, 2.24) is 9.97 Å². The van der Waals surface area contributed by atoms with Crippen LogP contribution in [0, 0.1) is 6.92 Å². The number of fused-ring (bicyclic) bond motifs is 1. The van der Waals surface area contributed by atoms with Gasteiger partial charge in [-0.15, -0.1) is 11.3 Å². The summed E-state index contributed by atoms with van der Waals surface area (Å²) in [6.07, 6.45) is 6.78. The van der Waals surface area contributed by atoms with E-state index in [-0.39, 0.29) is 0 Å². The van der Waals surface area contributed by atoms with Gasteiger partial charge in [0.05, 0.1) is 5.52 Å². The average molecular weight is 335 g/mol.